The van der Waals surface area contributed by atoms with Crippen LogP contribution in [-0.4, -0.2) is 26.2 Å². The number of anilines is 2. The number of benzene rings is 2. The third-order valence-electron chi connectivity index (χ3n) is 7.14. The lowest BCUT2D eigenvalue weighted by Crippen LogP contribution is -2.25. The van der Waals surface area contributed by atoms with Gasteiger partial charge in [0.2, 0.25) is 0 Å². The van der Waals surface area contributed by atoms with Crippen molar-refractivity contribution in [2.45, 2.75) is 111 Å². The Morgan fingerprint density at radius 1 is 0.400 bits per heavy atom. The van der Waals surface area contributed by atoms with Crippen LogP contribution in [0.4, 0.5) is 11.4 Å². The Morgan fingerprint density at radius 2 is 0.686 bits per heavy atom. The molecular weight excluding hydrogens is 424 g/mol. The Labute approximate surface area is 218 Å². The molecule has 0 fully saturated rings. The number of hydrogen-bond donors (Lipinski definition) is 0. The topological polar surface area (TPSA) is 6.48 Å². The first-order valence-corrected chi connectivity index (χ1v) is 14.9. The van der Waals surface area contributed by atoms with Gasteiger partial charge >= 0.3 is 0 Å². The van der Waals surface area contributed by atoms with Gasteiger partial charge < -0.3 is 9.80 Å². The van der Waals surface area contributed by atoms with E-state index < -0.39 is 0 Å². The summed E-state index contributed by atoms with van der Waals surface area (Å²) in [5.74, 6) is 0. The minimum atomic E-state index is 1.01. The molecule has 2 aromatic rings. The van der Waals surface area contributed by atoms with Crippen molar-refractivity contribution in [3.05, 3.63) is 59.7 Å². The molecule has 0 atom stereocenters. The van der Waals surface area contributed by atoms with Crippen LogP contribution >= 0.6 is 0 Å². The van der Waals surface area contributed by atoms with E-state index in [-0.39, 0.29) is 0 Å². The zero-order valence-corrected chi connectivity index (χ0v) is 23.5. The van der Waals surface area contributed by atoms with Crippen LogP contribution in [0.15, 0.2) is 48.5 Å². The highest BCUT2D eigenvalue weighted by molar-refractivity contribution is 5.50. The summed E-state index contributed by atoms with van der Waals surface area (Å²) in [5, 5.41) is 0. The summed E-state index contributed by atoms with van der Waals surface area (Å²) in [7, 11) is 0. The minimum absolute atomic E-state index is 1.01. The average molecular weight is 479 g/mol. The van der Waals surface area contributed by atoms with Gasteiger partial charge in [-0.3, -0.25) is 0 Å². The summed E-state index contributed by atoms with van der Waals surface area (Å²) in [6.45, 7) is 13.9. The fourth-order valence-electron chi connectivity index (χ4n) is 4.84. The molecule has 0 spiro atoms. The normalized spacial score (nSPS) is 11.1. The van der Waals surface area contributed by atoms with Crippen molar-refractivity contribution >= 4 is 11.4 Å². The first kappa shape index (κ1) is 29.3. The molecule has 0 amide bonds. The molecular formula is C33H54N2. The molecule has 2 heteroatoms. The van der Waals surface area contributed by atoms with Crippen LogP contribution in [0.3, 0.4) is 0 Å². The van der Waals surface area contributed by atoms with Crippen molar-refractivity contribution < 1.29 is 0 Å². The van der Waals surface area contributed by atoms with Gasteiger partial charge in [0.1, 0.15) is 0 Å². The van der Waals surface area contributed by atoms with Crippen LogP contribution in [0.1, 0.15) is 116 Å². The molecule has 0 N–H and O–H groups in total. The van der Waals surface area contributed by atoms with Gasteiger partial charge in [0.25, 0.3) is 0 Å². The lowest BCUT2D eigenvalue weighted by atomic mass is 10.0. The van der Waals surface area contributed by atoms with E-state index in [1.54, 1.807) is 0 Å². The zero-order valence-electron chi connectivity index (χ0n) is 23.5. The first-order chi connectivity index (χ1) is 17.2. The Bertz CT molecular complexity index is 664. The van der Waals surface area contributed by atoms with Gasteiger partial charge in [0.05, 0.1) is 0 Å². The molecule has 0 radical (unpaired) electrons. The van der Waals surface area contributed by atoms with Crippen LogP contribution in [0.5, 0.6) is 0 Å². The third kappa shape index (κ3) is 11.5. The second kappa shape index (κ2) is 18.3. The largest absolute Gasteiger partial charge is 0.372 e. The fourth-order valence-corrected chi connectivity index (χ4v) is 4.84. The van der Waals surface area contributed by atoms with E-state index in [0.29, 0.717) is 0 Å². The maximum Gasteiger partial charge on any atom is 0.0366 e. The standard InChI is InChI=1S/C33H54N2/c1-5-9-13-25-34(26-14-10-6-2)32-21-17-30(18-22-32)29-31-19-23-33(24-20-31)35(27-15-11-7-3)28-16-12-8-4/h17-24H,5-16,25-29H2,1-4H3. The third-order valence-corrected chi connectivity index (χ3v) is 7.14. The van der Waals surface area contributed by atoms with Crippen molar-refractivity contribution in [2.75, 3.05) is 36.0 Å². The second-order valence-corrected chi connectivity index (χ2v) is 10.3. The molecule has 0 aromatic heterocycles. The molecule has 35 heavy (non-hydrogen) atoms. The molecule has 0 aliphatic heterocycles. The van der Waals surface area contributed by atoms with E-state index in [1.807, 2.05) is 0 Å². The van der Waals surface area contributed by atoms with Crippen molar-refractivity contribution in [3.8, 4) is 0 Å². The quantitative estimate of drug-likeness (QED) is 0.175. The predicted molar refractivity (Wildman–Crippen MR) is 158 cm³/mol. The Hall–Kier alpha value is -1.96. The number of nitrogens with zero attached hydrogens (tertiary/aromatic N) is 2. The highest BCUT2D eigenvalue weighted by atomic mass is 15.1. The van der Waals surface area contributed by atoms with E-state index in [0.717, 1.165) is 6.42 Å². The van der Waals surface area contributed by atoms with Gasteiger partial charge in [-0.25, -0.2) is 0 Å². The highest BCUT2D eigenvalue weighted by Gasteiger charge is 2.08. The summed E-state index contributed by atoms with van der Waals surface area (Å²) < 4.78 is 0. The Kier molecular flexibility index (Phi) is 15.3. The van der Waals surface area contributed by atoms with Crippen molar-refractivity contribution in [2.24, 2.45) is 0 Å². The average Bonchev–Trinajstić information content (AvgIpc) is 2.88. The van der Waals surface area contributed by atoms with Crippen LogP contribution in [0.2, 0.25) is 0 Å². The van der Waals surface area contributed by atoms with Crippen molar-refractivity contribution in [3.63, 3.8) is 0 Å². The van der Waals surface area contributed by atoms with Gasteiger partial charge in [-0.1, -0.05) is 103 Å². The number of rotatable bonds is 20. The van der Waals surface area contributed by atoms with Gasteiger partial charge in [-0.05, 0) is 67.5 Å². The smallest absolute Gasteiger partial charge is 0.0366 e. The first-order valence-electron chi connectivity index (χ1n) is 14.9. The molecule has 0 aliphatic rings. The molecule has 196 valence electrons. The lowest BCUT2D eigenvalue weighted by Gasteiger charge is -2.25. The van der Waals surface area contributed by atoms with Crippen molar-refractivity contribution in [1.82, 2.24) is 0 Å². The maximum absolute atomic E-state index is 2.61. The molecule has 0 heterocycles. The van der Waals surface area contributed by atoms with E-state index in [1.165, 1.54) is 126 Å². The lowest BCUT2D eigenvalue weighted by molar-refractivity contribution is 0.636. The van der Waals surface area contributed by atoms with Crippen LogP contribution in [0, 0.1) is 0 Å². The molecule has 2 aromatic carbocycles. The summed E-state index contributed by atoms with van der Waals surface area (Å²) in [4.78, 5) is 5.21. The molecule has 0 unspecified atom stereocenters. The molecule has 0 aliphatic carbocycles. The number of hydrogen-bond acceptors (Lipinski definition) is 2. The van der Waals surface area contributed by atoms with Crippen LogP contribution in [0.25, 0.3) is 0 Å². The maximum atomic E-state index is 2.61. The monoisotopic (exact) mass is 478 g/mol. The molecule has 0 saturated heterocycles. The fraction of sp³-hybridized carbons (Fsp3) is 0.636. The predicted octanol–water partition coefficient (Wildman–Crippen LogP) is 9.65. The van der Waals surface area contributed by atoms with E-state index in [4.69, 9.17) is 0 Å². The molecule has 0 saturated carbocycles. The molecule has 0 bridgehead atoms. The summed E-state index contributed by atoms with van der Waals surface area (Å²) in [6, 6.07) is 18.8. The summed E-state index contributed by atoms with van der Waals surface area (Å²) in [5.41, 5.74) is 5.61. The SMILES string of the molecule is CCCCCN(CCCCC)c1ccc(Cc2ccc(N(CCCCC)CCCCC)cc2)cc1. The molecule has 2 rings (SSSR count). The van der Waals surface area contributed by atoms with Gasteiger partial charge in [0.15, 0.2) is 0 Å². The number of unbranched alkanes of at least 4 members (excludes halogenated alkanes) is 8. The minimum Gasteiger partial charge on any atom is -0.372 e. The van der Waals surface area contributed by atoms with E-state index in [2.05, 4.69) is 86.0 Å². The Morgan fingerprint density at radius 3 is 0.943 bits per heavy atom. The van der Waals surface area contributed by atoms with Crippen LogP contribution < -0.4 is 9.80 Å². The van der Waals surface area contributed by atoms with Gasteiger partial charge in [-0.15, -0.1) is 0 Å². The summed E-state index contributed by atoms with van der Waals surface area (Å²) in [6.07, 6.45) is 16.7. The van der Waals surface area contributed by atoms with E-state index >= 15 is 0 Å². The second-order valence-electron chi connectivity index (χ2n) is 10.3. The van der Waals surface area contributed by atoms with Crippen molar-refractivity contribution in [1.29, 1.82) is 0 Å². The van der Waals surface area contributed by atoms with Crippen LogP contribution in [-0.2, 0) is 6.42 Å². The van der Waals surface area contributed by atoms with E-state index in [9.17, 15) is 0 Å². The Balaban J connectivity index is 1.98. The van der Waals surface area contributed by atoms with Gasteiger partial charge in [-0.2, -0.15) is 0 Å². The van der Waals surface area contributed by atoms with Gasteiger partial charge in [0, 0.05) is 37.6 Å². The zero-order chi connectivity index (χ0) is 25.1. The highest BCUT2D eigenvalue weighted by Crippen LogP contribution is 2.22. The molecule has 2 nitrogen and oxygen atoms in total. The summed E-state index contributed by atoms with van der Waals surface area (Å²) >= 11 is 0.